The maximum Gasteiger partial charge on any atom is 0.333 e. The van der Waals surface area contributed by atoms with Crippen molar-refractivity contribution in [3.05, 3.63) is 83.9 Å². The molecular formula is C25H23N3O6S. The molecule has 9 nitrogen and oxygen atoms in total. The van der Waals surface area contributed by atoms with Crippen molar-refractivity contribution in [2.24, 2.45) is 0 Å². The van der Waals surface area contributed by atoms with E-state index >= 15 is 0 Å². The summed E-state index contributed by atoms with van der Waals surface area (Å²) in [6, 6.07) is 13.8. The molecule has 0 aliphatic heterocycles. The normalized spacial score (nSPS) is 14.1. The van der Waals surface area contributed by atoms with Gasteiger partial charge in [-0.05, 0) is 42.5 Å². The second-order valence-corrected chi connectivity index (χ2v) is 9.98. The number of aliphatic carboxylic acids is 1. The maximum atomic E-state index is 12.3. The van der Waals surface area contributed by atoms with Crippen LogP contribution in [-0.4, -0.2) is 30.7 Å². The number of hydrogen-bond donors (Lipinski definition) is 3. The summed E-state index contributed by atoms with van der Waals surface area (Å²) in [7, 11) is -4.11. The van der Waals surface area contributed by atoms with Gasteiger partial charge in [0.05, 0.1) is 10.3 Å². The minimum Gasteiger partial charge on any atom is -0.481 e. The number of allylic oxidation sites excluding steroid dienone is 1. The predicted octanol–water partition coefficient (Wildman–Crippen LogP) is 4.58. The lowest BCUT2D eigenvalue weighted by Gasteiger charge is -2.11. The van der Waals surface area contributed by atoms with Crippen molar-refractivity contribution in [1.29, 1.82) is 0 Å². The fraction of sp³-hybridized carbons (Fsp3) is 0.160. The lowest BCUT2D eigenvalue weighted by atomic mass is 9.93. The zero-order valence-corrected chi connectivity index (χ0v) is 19.7. The molecule has 1 aliphatic carbocycles. The molecule has 1 fully saturated rings. The molecule has 1 saturated carbocycles. The molecule has 0 saturated heterocycles. The number of benzene rings is 2. The topological polar surface area (TPSA) is 139 Å². The summed E-state index contributed by atoms with van der Waals surface area (Å²) in [5.41, 5.74) is 3.07. The summed E-state index contributed by atoms with van der Waals surface area (Å²) in [5, 5.41) is 15.8. The van der Waals surface area contributed by atoms with E-state index < -0.39 is 27.4 Å². The van der Waals surface area contributed by atoms with E-state index in [4.69, 9.17) is 4.52 Å². The number of sulfonamides is 1. The van der Waals surface area contributed by atoms with Gasteiger partial charge in [0.15, 0.2) is 5.76 Å². The summed E-state index contributed by atoms with van der Waals surface area (Å²) in [4.78, 5) is 23.5. The number of anilines is 1. The monoisotopic (exact) mass is 493 g/mol. The van der Waals surface area contributed by atoms with Crippen LogP contribution in [0.2, 0.25) is 0 Å². The van der Waals surface area contributed by atoms with Crippen LogP contribution in [0.15, 0.2) is 77.2 Å². The van der Waals surface area contributed by atoms with Gasteiger partial charge in [0, 0.05) is 5.56 Å². The third-order valence-corrected chi connectivity index (χ3v) is 7.29. The van der Waals surface area contributed by atoms with Gasteiger partial charge < -0.3 is 14.9 Å². The van der Waals surface area contributed by atoms with Crippen LogP contribution in [0.5, 0.6) is 0 Å². The molecule has 1 heterocycles. The van der Waals surface area contributed by atoms with Crippen molar-refractivity contribution >= 4 is 27.7 Å². The van der Waals surface area contributed by atoms with Gasteiger partial charge in [-0.2, -0.15) is 0 Å². The zero-order chi connectivity index (χ0) is 25.4. The number of carboxylic acids is 1. The minimum atomic E-state index is -4.11. The Balaban J connectivity index is 1.53. The second-order valence-electron chi connectivity index (χ2n) is 8.24. The van der Waals surface area contributed by atoms with Crippen LogP contribution >= 0.6 is 0 Å². The number of nitrogens with one attached hydrogen (secondary N) is 2. The first-order chi connectivity index (χ1) is 16.6. The standard InChI is InChI=1S/C25H23N3O6S/c1-4-15(2)35(32,33)28-24(31)26-21-16(3)27-34-22(21)19-7-5-17(6-8-19)18-9-11-20(12-10-18)25(13-14-25)23(29)30/h4-12H,1-2,13-14H2,3H3,(H,29,30)(H2,26,28,31). The Hall–Kier alpha value is -4.18. The van der Waals surface area contributed by atoms with E-state index in [0.717, 1.165) is 22.8 Å². The number of nitrogens with zero attached hydrogens (tertiary/aromatic N) is 1. The molecule has 0 atom stereocenters. The van der Waals surface area contributed by atoms with Gasteiger partial charge in [-0.3, -0.25) is 4.79 Å². The van der Waals surface area contributed by atoms with E-state index in [2.05, 4.69) is 23.6 Å². The Morgan fingerprint density at radius 1 is 1.06 bits per heavy atom. The van der Waals surface area contributed by atoms with Gasteiger partial charge in [-0.25, -0.2) is 17.9 Å². The summed E-state index contributed by atoms with van der Waals surface area (Å²) < 4.78 is 31.3. The number of aryl methyl sites for hydroxylation is 1. The average molecular weight is 494 g/mol. The molecule has 10 heteroatoms. The lowest BCUT2D eigenvalue weighted by Crippen LogP contribution is -2.34. The number of urea groups is 1. The number of carbonyl (C=O) groups is 2. The van der Waals surface area contributed by atoms with Crippen molar-refractivity contribution in [3.8, 4) is 22.5 Å². The molecule has 35 heavy (non-hydrogen) atoms. The van der Waals surface area contributed by atoms with E-state index in [-0.39, 0.29) is 16.4 Å². The second kappa shape index (κ2) is 8.88. The van der Waals surface area contributed by atoms with E-state index in [1.165, 1.54) is 0 Å². The van der Waals surface area contributed by atoms with Crippen LogP contribution in [0.3, 0.4) is 0 Å². The smallest absolute Gasteiger partial charge is 0.333 e. The highest BCUT2D eigenvalue weighted by Gasteiger charge is 2.51. The van der Waals surface area contributed by atoms with Crippen LogP contribution in [0.4, 0.5) is 10.5 Å². The zero-order valence-electron chi connectivity index (χ0n) is 18.9. The van der Waals surface area contributed by atoms with E-state index in [0.29, 0.717) is 24.1 Å². The number of carboxylic acid groups (broad SMARTS) is 1. The number of hydrogen-bond acceptors (Lipinski definition) is 6. The number of amides is 2. The molecule has 0 bridgehead atoms. The third kappa shape index (κ3) is 4.60. The molecule has 2 aromatic carbocycles. The van der Waals surface area contributed by atoms with Crippen LogP contribution in [0.25, 0.3) is 22.5 Å². The largest absolute Gasteiger partial charge is 0.481 e. The van der Waals surface area contributed by atoms with Crippen molar-refractivity contribution in [2.75, 3.05) is 5.32 Å². The molecule has 2 amide bonds. The fourth-order valence-electron chi connectivity index (χ4n) is 3.70. The van der Waals surface area contributed by atoms with Gasteiger partial charge in [0.1, 0.15) is 11.4 Å². The maximum absolute atomic E-state index is 12.3. The third-order valence-electron chi connectivity index (χ3n) is 5.98. The van der Waals surface area contributed by atoms with Crippen LogP contribution < -0.4 is 10.0 Å². The number of aromatic nitrogens is 1. The highest BCUT2D eigenvalue weighted by atomic mass is 32.2. The fourth-order valence-corrected chi connectivity index (χ4v) is 4.34. The van der Waals surface area contributed by atoms with Gasteiger partial charge in [0.2, 0.25) is 0 Å². The minimum absolute atomic E-state index is 0.224. The Morgan fingerprint density at radius 3 is 2.11 bits per heavy atom. The van der Waals surface area contributed by atoms with Crippen molar-refractivity contribution in [1.82, 2.24) is 9.88 Å². The molecule has 3 aromatic rings. The summed E-state index contributed by atoms with van der Waals surface area (Å²) >= 11 is 0. The summed E-state index contributed by atoms with van der Waals surface area (Å²) in [6.45, 7) is 8.28. The van der Waals surface area contributed by atoms with E-state index in [1.54, 1.807) is 19.1 Å². The van der Waals surface area contributed by atoms with Crippen molar-refractivity contribution < 1.29 is 27.6 Å². The Morgan fingerprint density at radius 2 is 1.60 bits per heavy atom. The highest BCUT2D eigenvalue weighted by molar-refractivity contribution is 7.94. The Labute approximate surface area is 202 Å². The first-order valence-electron chi connectivity index (χ1n) is 10.6. The summed E-state index contributed by atoms with van der Waals surface area (Å²) in [5.74, 6) is -0.532. The van der Waals surface area contributed by atoms with Crippen molar-refractivity contribution in [2.45, 2.75) is 25.2 Å². The van der Waals surface area contributed by atoms with Gasteiger partial charge in [0.25, 0.3) is 10.0 Å². The molecule has 0 spiro atoms. The Kier molecular flexibility index (Phi) is 6.08. The van der Waals surface area contributed by atoms with E-state index in [1.807, 2.05) is 41.1 Å². The predicted molar refractivity (Wildman–Crippen MR) is 131 cm³/mol. The average Bonchev–Trinajstić information content (AvgIpc) is 3.58. The van der Waals surface area contributed by atoms with Crippen LogP contribution in [-0.2, 0) is 20.2 Å². The molecule has 1 aromatic heterocycles. The molecule has 3 N–H and O–H groups in total. The first-order valence-corrected chi connectivity index (χ1v) is 12.1. The molecule has 0 unspecified atom stereocenters. The number of carbonyl (C=O) groups excluding carboxylic acids is 1. The van der Waals surface area contributed by atoms with Gasteiger partial charge in [-0.15, -0.1) is 0 Å². The SMILES string of the molecule is C=CC(=C)S(=O)(=O)NC(=O)Nc1c(C)noc1-c1ccc(-c2ccc(C3(C(=O)O)CC3)cc2)cc1. The quantitative estimate of drug-likeness (QED) is 0.390. The Bertz CT molecular complexity index is 1430. The lowest BCUT2D eigenvalue weighted by molar-refractivity contribution is -0.140. The van der Waals surface area contributed by atoms with Gasteiger partial charge in [-0.1, -0.05) is 66.8 Å². The highest BCUT2D eigenvalue weighted by Crippen LogP contribution is 2.48. The summed E-state index contributed by atoms with van der Waals surface area (Å²) in [6.07, 6.45) is 2.32. The van der Waals surface area contributed by atoms with Gasteiger partial charge >= 0.3 is 12.0 Å². The molecule has 180 valence electrons. The number of rotatable bonds is 8. The van der Waals surface area contributed by atoms with Crippen LogP contribution in [0, 0.1) is 6.92 Å². The molecule has 1 aliphatic rings. The van der Waals surface area contributed by atoms with Crippen LogP contribution in [0.1, 0.15) is 24.1 Å². The molecule has 0 radical (unpaired) electrons. The van der Waals surface area contributed by atoms with Crippen molar-refractivity contribution in [3.63, 3.8) is 0 Å². The first kappa shape index (κ1) is 24.0. The van der Waals surface area contributed by atoms with E-state index in [9.17, 15) is 23.1 Å². The molecule has 4 rings (SSSR count). The molecular weight excluding hydrogens is 470 g/mol.